The second kappa shape index (κ2) is 8.29. The topological polar surface area (TPSA) is 51.8 Å². The fraction of sp³-hybridized carbons (Fsp3) is 0. The lowest BCUT2D eigenvalue weighted by atomic mass is 10.0. The highest BCUT2D eigenvalue weighted by Gasteiger charge is 2.16. The maximum atomic E-state index is 6.50. The molecule has 7 aromatic rings. The number of nitrogens with zero attached hydrogens (tertiary/aromatic N) is 3. The number of rotatable bonds is 3. The van der Waals surface area contributed by atoms with Gasteiger partial charge in [0.2, 0.25) is 0 Å². The average molecular weight is 484 g/mol. The van der Waals surface area contributed by atoms with E-state index in [4.69, 9.17) is 31.0 Å². The molecule has 0 N–H and O–H groups in total. The number of benzene rings is 5. The van der Waals surface area contributed by atoms with Gasteiger partial charge in [-0.1, -0.05) is 96.5 Å². The lowest BCUT2D eigenvalue weighted by Crippen LogP contribution is -2.00. The predicted octanol–water partition coefficient (Wildman–Crippen LogP) is 8.58. The number of aromatic nitrogens is 3. The van der Waals surface area contributed by atoms with E-state index in [9.17, 15) is 0 Å². The second-order valence-corrected chi connectivity index (χ2v) is 9.03. The van der Waals surface area contributed by atoms with Gasteiger partial charge in [0.1, 0.15) is 11.2 Å². The van der Waals surface area contributed by atoms with Crippen LogP contribution in [0.5, 0.6) is 0 Å². The van der Waals surface area contributed by atoms with Gasteiger partial charge >= 0.3 is 0 Å². The Morgan fingerprint density at radius 3 is 2.03 bits per heavy atom. The Kier molecular flexibility index (Phi) is 4.79. The summed E-state index contributed by atoms with van der Waals surface area (Å²) in [6.07, 6.45) is 0. The summed E-state index contributed by atoms with van der Waals surface area (Å²) in [6, 6.07) is 36.0. The molecule has 4 nitrogen and oxygen atoms in total. The van der Waals surface area contributed by atoms with E-state index in [2.05, 4.69) is 12.1 Å². The Morgan fingerprint density at radius 1 is 0.472 bits per heavy atom. The smallest absolute Gasteiger partial charge is 0.164 e. The lowest BCUT2D eigenvalue weighted by Gasteiger charge is -2.10. The first-order valence-corrected chi connectivity index (χ1v) is 12.0. The molecule has 5 heteroatoms. The highest BCUT2D eigenvalue weighted by atomic mass is 35.5. The molecule has 170 valence electrons. The van der Waals surface area contributed by atoms with Crippen molar-refractivity contribution in [2.24, 2.45) is 0 Å². The van der Waals surface area contributed by atoms with Crippen LogP contribution in [0.2, 0.25) is 5.02 Å². The van der Waals surface area contributed by atoms with Gasteiger partial charge in [-0.3, -0.25) is 0 Å². The molecule has 0 spiro atoms. The van der Waals surface area contributed by atoms with E-state index in [0.717, 1.165) is 49.4 Å². The maximum Gasteiger partial charge on any atom is 0.164 e. The third kappa shape index (κ3) is 3.43. The molecule has 2 aromatic heterocycles. The van der Waals surface area contributed by atoms with Crippen molar-refractivity contribution in [2.75, 3.05) is 0 Å². The van der Waals surface area contributed by atoms with Gasteiger partial charge in [-0.15, -0.1) is 0 Å². The van der Waals surface area contributed by atoms with Crippen LogP contribution < -0.4 is 0 Å². The van der Waals surface area contributed by atoms with Crippen LogP contribution in [0, 0.1) is 0 Å². The molecule has 2 heterocycles. The zero-order valence-corrected chi connectivity index (χ0v) is 19.8. The molecule has 0 bridgehead atoms. The summed E-state index contributed by atoms with van der Waals surface area (Å²) in [5.74, 6) is 1.79. The third-order valence-electron chi connectivity index (χ3n) is 6.41. The third-order valence-corrected chi connectivity index (χ3v) is 6.74. The lowest BCUT2D eigenvalue weighted by molar-refractivity contribution is 0.669. The number of para-hydroxylation sites is 1. The van der Waals surface area contributed by atoms with Crippen LogP contribution >= 0.6 is 11.6 Å². The normalized spacial score (nSPS) is 11.5. The minimum Gasteiger partial charge on any atom is -0.456 e. The Balaban J connectivity index is 1.47. The minimum absolute atomic E-state index is 0.584. The highest BCUT2D eigenvalue weighted by Crippen LogP contribution is 2.34. The summed E-state index contributed by atoms with van der Waals surface area (Å²) in [7, 11) is 0. The highest BCUT2D eigenvalue weighted by molar-refractivity contribution is 6.35. The van der Waals surface area contributed by atoms with Gasteiger partial charge in [-0.05, 0) is 29.7 Å². The summed E-state index contributed by atoms with van der Waals surface area (Å²) in [6.45, 7) is 0. The molecule has 5 aromatic carbocycles. The van der Waals surface area contributed by atoms with E-state index in [1.807, 2.05) is 97.1 Å². The first-order chi connectivity index (χ1) is 17.7. The molecular weight excluding hydrogens is 466 g/mol. The predicted molar refractivity (Wildman–Crippen MR) is 146 cm³/mol. The Labute approximate surface area is 211 Å². The number of halogens is 1. The SMILES string of the molecule is Clc1cccc2c(-c3nc(-c4ccccc4)nc(-c4ccc5c(c4)oc4ccccc45)n3)cccc12. The molecule has 36 heavy (non-hydrogen) atoms. The van der Waals surface area contributed by atoms with Crippen molar-refractivity contribution in [3.05, 3.63) is 114 Å². The van der Waals surface area contributed by atoms with Crippen LogP contribution in [-0.2, 0) is 0 Å². The van der Waals surface area contributed by atoms with Gasteiger partial charge in [-0.2, -0.15) is 0 Å². The molecular formula is C31H18ClN3O. The number of hydrogen-bond donors (Lipinski definition) is 0. The zero-order valence-electron chi connectivity index (χ0n) is 19.0. The molecule has 0 atom stereocenters. The molecule has 0 unspecified atom stereocenters. The van der Waals surface area contributed by atoms with E-state index in [1.165, 1.54) is 0 Å². The van der Waals surface area contributed by atoms with Crippen LogP contribution in [0.3, 0.4) is 0 Å². The Hall–Kier alpha value is -4.54. The second-order valence-electron chi connectivity index (χ2n) is 8.62. The van der Waals surface area contributed by atoms with Gasteiger partial charge in [0.25, 0.3) is 0 Å². The first-order valence-electron chi connectivity index (χ1n) is 11.7. The molecule has 0 saturated carbocycles. The standard InChI is InChI=1S/C31H18ClN3O/c32-26-14-7-11-21-22(26)12-6-13-25(21)31-34-29(19-8-2-1-3-9-19)33-30(35-31)20-16-17-24-23-10-4-5-15-27(23)36-28(24)18-20/h1-18H. The Morgan fingerprint density at radius 2 is 1.14 bits per heavy atom. The molecule has 0 fully saturated rings. The van der Waals surface area contributed by atoms with Gasteiger partial charge in [0.05, 0.1) is 0 Å². The van der Waals surface area contributed by atoms with E-state index in [1.54, 1.807) is 0 Å². The molecule has 0 amide bonds. The maximum absolute atomic E-state index is 6.50. The van der Waals surface area contributed by atoms with Crippen LogP contribution in [0.4, 0.5) is 0 Å². The van der Waals surface area contributed by atoms with E-state index >= 15 is 0 Å². The van der Waals surface area contributed by atoms with Gasteiger partial charge < -0.3 is 4.42 Å². The average Bonchev–Trinajstić information content (AvgIpc) is 3.31. The number of hydrogen-bond acceptors (Lipinski definition) is 4. The molecule has 0 aliphatic carbocycles. The van der Waals surface area contributed by atoms with Gasteiger partial charge in [0.15, 0.2) is 17.5 Å². The first kappa shape index (κ1) is 20.8. The molecule has 0 radical (unpaired) electrons. The van der Waals surface area contributed by atoms with Crippen molar-refractivity contribution in [1.29, 1.82) is 0 Å². The van der Waals surface area contributed by atoms with Crippen molar-refractivity contribution in [3.63, 3.8) is 0 Å². The molecule has 0 aliphatic rings. The monoisotopic (exact) mass is 483 g/mol. The van der Waals surface area contributed by atoms with Gasteiger partial charge in [0, 0.05) is 37.9 Å². The summed E-state index contributed by atoms with van der Waals surface area (Å²) in [4.78, 5) is 14.7. The van der Waals surface area contributed by atoms with Crippen molar-refractivity contribution in [1.82, 2.24) is 15.0 Å². The molecule has 0 saturated heterocycles. The van der Waals surface area contributed by atoms with E-state index in [-0.39, 0.29) is 0 Å². The van der Waals surface area contributed by atoms with Crippen LogP contribution in [0.25, 0.3) is 66.9 Å². The zero-order chi connectivity index (χ0) is 24.1. The Bertz CT molecular complexity index is 1910. The van der Waals surface area contributed by atoms with Gasteiger partial charge in [-0.25, -0.2) is 15.0 Å². The molecule has 0 aliphatic heterocycles. The van der Waals surface area contributed by atoms with Crippen LogP contribution in [0.1, 0.15) is 0 Å². The fourth-order valence-electron chi connectivity index (χ4n) is 4.67. The van der Waals surface area contributed by atoms with E-state index < -0.39 is 0 Å². The molecule has 7 rings (SSSR count). The van der Waals surface area contributed by atoms with Crippen LogP contribution in [-0.4, -0.2) is 15.0 Å². The van der Waals surface area contributed by atoms with Crippen LogP contribution in [0.15, 0.2) is 114 Å². The van der Waals surface area contributed by atoms with Crippen molar-refractivity contribution in [3.8, 4) is 34.2 Å². The summed E-state index contributed by atoms with van der Waals surface area (Å²) >= 11 is 6.50. The summed E-state index contributed by atoms with van der Waals surface area (Å²) in [5.41, 5.74) is 4.35. The summed E-state index contributed by atoms with van der Waals surface area (Å²) < 4.78 is 6.13. The van der Waals surface area contributed by atoms with E-state index in [0.29, 0.717) is 22.5 Å². The number of furan rings is 1. The quantitative estimate of drug-likeness (QED) is 0.252. The number of fused-ring (bicyclic) bond motifs is 4. The summed E-state index contributed by atoms with van der Waals surface area (Å²) in [5, 5.41) is 4.81. The van der Waals surface area contributed by atoms with Crippen molar-refractivity contribution < 1.29 is 4.42 Å². The van der Waals surface area contributed by atoms with Crippen molar-refractivity contribution in [2.45, 2.75) is 0 Å². The minimum atomic E-state index is 0.584. The largest absolute Gasteiger partial charge is 0.456 e. The van der Waals surface area contributed by atoms with Crippen molar-refractivity contribution >= 4 is 44.3 Å². The fourth-order valence-corrected chi connectivity index (χ4v) is 4.91.